The molecular weight excluding hydrogens is 376 g/mol. The van der Waals surface area contributed by atoms with Crippen LogP contribution in [-0.4, -0.2) is 26.5 Å². The van der Waals surface area contributed by atoms with E-state index in [1.165, 1.54) is 12.1 Å². The minimum absolute atomic E-state index is 0.184. The van der Waals surface area contributed by atoms with E-state index in [4.69, 9.17) is 0 Å². The maximum atomic E-state index is 12.7. The zero-order chi connectivity index (χ0) is 20.7. The van der Waals surface area contributed by atoms with Crippen molar-refractivity contribution in [3.05, 3.63) is 65.7 Å². The molecule has 0 saturated carbocycles. The van der Waals surface area contributed by atoms with Crippen LogP contribution in [0.15, 0.2) is 59.5 Å². The summed E-state index contributed by atoms with van der Waals surface area (Å²) in [5.74, 6) is -0.320. The topological polar surface area (TPSA) is 92.3 Å². The van der Waals surface area contributed by atoms with Gasteiger partial charge < -0.3 is 10.6 Å². The Kier molecular flexibility index (Phi) is 7.34. The molecule has 2 amide bonds. The van der Waals surface area contributed by atoms with Crippen molar-refractivity contribution in [2.75, 3.05) is 6.26 Å². The third kappa shape index (κ3) is 6.49. The highest BCUT2D eigenvalue weighted by atomic mass is 32.2. The van der Waals surface area contributed by atoms with Gasteiger partial charge in [0.25, 0.3) is 0 Å². The van der Waals surface area contributed by atoms with Crippen LogP contribution in [-0.2, 0) is 26.0 Å². The van der Waals surface area contributed by atoms with Crippen molar-refractivity contribution in [2.45, 2.75) is 37.8 Å². The van der Waals surface area contributed by atoms with Crippen molar-refractivity contribution >= 4 is 21.7 Å². The van der Waals surface area contributed by atoms with Gasteiger partial charge in [0.15, 0.2) is 9.84 Å². The standard InChI is InChI=1S/C21H26N2O4S/c1-15(2)13-19(24)23-20(17-7-5-4-6-8-17)21(25)22-14-16-9-11-18(12-10-16)28(3,26)27/h4-12,15,20H,13-14H2,1-3H3,(H,22,25)(H,23,24). The zero-order valence-corrected chi connectivity index (χ0v) is 17.1. The van der Waals surface area contributed by atoms with Crippen LogP contribution < -0.4 is 10.6 Å². The first-order valence-electron chi connectivity index (χ1n) is 9.08. The van der Waals surface area contributed by atoms with E-state index in [0.29, 0.717) is 12.0 Å². The van der Waals surface area contributed by atoms with Crippen molar-refractivity contribution in [1.82, 2.24) is 10.6 Å². The number of sulfone groups is 1. The van der Waals surface area contributed by atoms with E-state index in [1.54, 1.807) is 24.3 Å². The van der Waals surface area contributed by atoms with Crippen LogP contribution in [0.2, 0.25) is 0 Å². The van der Waals surface area contributed by atoms with Gasteiger partial charge in [-0.05, 0) is 29.2 Å². The number of hydrogen-bond acceptors (Lipinski definition) is 4. The predicted molar refractivity (Wildman–Crippen MR) is 108 cm³/mol. The monoisotopic (exact) mass is 402 g/mol. The van der Waals surface area contributed by atoms with Gasteiger partial charge in [0.05, 0.1) is 4.90 Å². The first-order chi connectivity index (χ1) is 13.2. The summed E-state index contributed by atoms with van der Waals surface area (Å²) in [6.07, 6.45) is 1.48. The Morgan fingerprint density at radius 2 is 1.57 bits per heavy atom. The highest BCUT2D eigenvalue weighted by Gasteiger charge is 2.22. The smallest absolute Gasteiger partial charge is 0.247 e. The Labute approximate surface area is 166 Å². The van der Waals surface area contributed by atoms with E-state index in [9.17, 15) is 18.0 Å². The first kappa shape index (κ1) is 21.6. The lowest BCUT2D eigenvalue weighted by Gasteiger charge is -2.19. The predicted octanol–water partition coefficient (Wildman–Crippen LogP) is 2.61. The van der Waals surface area contributed by atoms with Gasteiger partial charge in [0.1, 0.15) is 6.04 Å². The highest BCUT2D eigenvalue weighted by Crippen LogP contribution is 2.15. The molecule has 28 heavy (non-hydrogen) atoms. The van der Waals surface area contributed by atoms with Crippen LogP contribution in [0.1, 0.15) is 37.4 Å². The van der Waals surface area contributed by atoms with Gasteiger partial charge in [-0.1, -0.05) is 56.3 Å². The van der Waals surface area contributed by atoms with Crippen molar-refractivity contribution in [3.8, 4) is 0 Å². The second-order valence-corrected chi connectivity index (χ2v) is 9.16. The lowest BCUT2D eigenvalue weighted by atomic mass is 10.0. The van der Waals surface area contributed by atoms with Gasteiger partial charge in [0.2, 0.25) is 11.8 Å². The molecule has 1 unspecified atom stereocenters. The molecule has 0 spiro atoms. The molecule has 0 fully saturated rings. The van der Waals surface area contributed by atoms with Crippen LogP contribution in [0.4, 0.5) is 0 Å². The minimum Gasteiger partial charge on any atom is -0.350 e. The summed E-state index contributed by atoms with van der Waals surface area (Å²) in [5.41, 5.74) is 1.46. The minimum atomic E-state index is -3.26. The Morgan fingerprint density at radius 1 is 0.964 bits per heavy atom. The maximum absolute atomic E-state index is 12.7. The average Bonchev–Trinajstić information content (AvgIpc) is 2.64. The Bertz CT molecular complexity index is 907. The number of hydrogen-bond donors (Lipinski definition) is 2. The molecule has 7 heteroatoms. The van der Waals surface area contributed by atoms with Gasteiger partial charge in [0, 0.05) is 19.2 Å². The van der Waals surface area contributed by atoms with E-state index < -0.39 is 15.9 Å². The number of carbonyl (C=O) groups excluding carboxylic acids is 2. The van der Waals surface area contributed by atoms with Gasteiger partial charge >= 0.3 is 0 Å². The normalized spacial score (nSPS) is 12.4. The Hall–Kier alpha value is -2.67. The van der Waals surface area contributed by atoms with Gasteiger partial charge in [-0.25, -0.2) is 8.42 Å². The van der Waals surface area contributed by atoms with E-state index in [0.717, 1.165) is 11.8 Å². The summed E-state index contributed by atoms with van der Waals surface area (Å²) in [7, 11) is -3.26. The van der Waals surface area contributed by atoms with E-state index in [1.807, 2.05) is 32.0 Å². The molecule has 6 nitrogen and oxygen atoms in total. The molecule has 0 bridgehead atoms. The number of carbonyl (C=O) groups is 2. The second kappa shape index (κ2) is 9.50. The van der Waals surface area contributed by atoms with Crippen molar-refractivity contribution < 1.29 is 18.0 Å². The Morgan fingerprint density at radius 3 is 2.11 bits per heavy atom. The van der Waals surface area contributed by atoms with Crippen LogP contribution in [0.5, 0.6) is 0 Å². The second-order valence-electron chi connectivity index (χ2n) is 7.14. The highest BCUT2D eigenvalue weighted by molar-refractivity contribution is 7.90. The van der Waals surface area contributed by atoms with Crippen LogP contribution in [0.25, 0.3) is 0 Å². The average molecular weight is 403 g/mol. The SMILES string of the molecule is CC(C)CC(=O)NC(C(=O)NCc1ccc(S(C)(=O)=O)cc1)c1ccccc1. The zero-order valence-electron chi connectivity index (χ0n) is 16.3. The third-order valence-corrected chi connectivity index (χ3v) is 5.24. The van der Waals surface area contributed by atoms with Crippen LogP contribution >= 0.6 is 0 Å². The van der Waals surface area contributed by atoms with Gasteiger partial charge in [-0.2, -0.15) is 0 Å². The van der Waals surface area contributed by atoms with Crippen LogP contribution in [0, 0.1) is 5.92 Å². The fourth-order valence-corrected chi connectivity index (χ4v) is 3.31. The molecule has 0 aliphatic heterocycles. The number of nitrogens with one attached hydrogen (secondary N) is 2. The quantitative estimate of drug-likeness (QED) is 0.710. The molecule has 0 aliphatic rings. The van der Waals surface area contributed by atoms with Crippen molar-refractivity contribution in [3.63, 3.8) is 0 Å². The van der Waals surface area contributed by atoms with Crippen molar-refractivity contribution in [1.29, 1.82) is 0 Å². The van der Waals surface area contributed by atoms with Gasteiger partial charge in [-0.3, -0.25) is 9.59 Å². The fraction of sp³-hybridized carbons (Fsp3) is 0.333. The molecule has 0 heterocycles. The first-order valence-corrected chi connectivity index (χ1v) is 11.0. The third-order valence-electron chi connectivity index (χ3n) is 4.11. The summed E-state index contributed by atoms with van der Waals surface area (Å²) in [4.78, 5) is 25.2. The van der Waals surface area contributed by atoms with E-state index >= 15 is 0 Å². The largest absolute Gasteiger partial charge is 0.350 e. The number of benzene rings is 2. The van der Waals surface area contributed by atoms with Crippen LogP contribution in [0.3, 0.4) is 0 Å². The molecule has 2 aromatic rings. The molecule has 1 atom stereocenters. The molecule has 2 N–H and O–H groups in total. The lowest BCUT2D eigenvalue weighted by molar-refractivity contribution is -0.129. The van der Waals surface area contributed by atoms with E-state index in [2.05, 4.69) is 10.6 Å². The van der Waals surface area contributed by atoms with Gasteiger partial charge in [-0.15, -0.1) is 0 Å². The molecular formula is C21H26N2O4S. The summed E-state index contributed by atoms with van der Waals surface area (Å²) in [6, 6.07) is 14.6. The molecule has 150 valence electrons. The summed E-state index contributed by atoms with van der Waals surface area (Å²) in [5, 5.41) is 5.61. The number of amides is 2. The Balaban J connectivity index is 2.08. The summed E-state index contributed by atoms with van der Waals surface area (Å²) < 4.78 is 23.1. The van der Waals surface area contributed by atoms with E-state index in [-0.39, 0.29) is 29.2 Å². The molecule has 0 aliphatic carbocycles. The molecule has 2 rings (SSSR count). The fourth-order valence-electron chi connectivity index (χ4n) is 2.68. The van der Waals surface area contributed by atoms with Crippen molar-refractivity contribution in [2.24, 2.45) is 5.92 Å². The molecule has 2 aromatic carbocycles. The lowest BCUT2D eigenvalue weighted by Crippen LogP contribution is -2.40. The molecule has 0 aromatic heterocycles. The summed E-state index contributed by atoms with van der Waals surface area (Å²) >= 11 is 0. The molecule has 0 radical (unpaired) electrons. The molecule has 0 saturated heterocycles. The maximum Gasteiger partial charge on any atom is 0.247 e. The summed E-state index contributed by atoms with van der Waals surface area (Å²) in [6.45, 7) is 4.11. The number of rotatable bonds is 8.